The maximum Gasteiger partial charge on any atom is 0.260 e. The SMILES string of the molecule is Cc1cccc(C(=O)Nc2c(C)nc3ccc(Cl)cn23)c1O. The number of fused-ring (bicyclic) bond motifs is 1. The Balaban J connectivity index is 2.03. The molecule has 2 heterocycles. The number of pyridine rings is 1. The van der Waals surface area contributed by atoms with Crippen LogP contribution < -0.4 is 5.32 Å². The fraction of sp³-hybridized carbons (Fsp3) is 0.125. The molecule has 3 aromatic rings. The number of rotatable bonds is 2. The highest BCUT2D eigenvalue weighted by Crippen LogP contribution is 2.25. The molecule has 2 N–H and O–H groups in total. The first kappa shape index (κ1) is 14.4. The summed E-state index contributed by atoms with van der Waals surface area (Å²) in [6, 6.07) is 8.55. The van der Waals surface area contributed by atoms with Crippen LogP contribution in [0.4, 0.5) is 5.82 Å². The Kier molecular flexibility index (Phi) is 3.50. The summed E-state index contributed by atoms with van der Waals surface area (Å²) in [5.41, 5.74) is 2.22. The van der Waals surface area contributed by atoms with Crippen LogP contribution in [0.2, 0.25) is 5.02 Å². The van der Waals surface area contributed by atoms with Crippen LogP contribution in [0.25, 0.3) is 5.65 Å². The fourth-order valence-electron chi connectivity index (χ4n) is 2.30. The normalized spacial score (nSPS) is 10.9. The van der Waals surface area contributed by atoms with E-state index in [-0.39, 0.29) is 11.3 Å². The van der Waals surface area contributed by atoms with Crippen LogP contribution in [-0.2, 0) is 0 Å². The van der Waals surface area contributed by atoms with Crippen molar-refractivity contribution in [1.82, 2.24) is 9.38 Å². The van der Waals surface area contributed by atoms with Crippen molar-refractivity contribution in [2.45, 2.75) is 13.8 Å². The Labute approximate surface area is 132 Å². The number of carbonyl (C=O) groups is 1. The highest BCUT2D eigenvalue weighted by Gasteiger charge is 2.16. The lowest BCUT2D eigenvalue weighted by Crippen LogP contribution is -2.14. The molecule has 1 aromatic carbocycles. The Bertz CT molecular complexity index is 886. The van der Waals surface area contributed by atoms with Crippen LogP contribution in [-0.4, -0.2) is 20.4 Å². The van der Waals surface area contributed by atoms with E-state index in [1.165, 1.54) is 0 Å². The van der Waals surface area contributed by atoms with E-state index in [4.69, 9.17) is 11.6 Å². The zero-order chi connectivity index (χ0) is 15.9. The van der Waals surface area contributed by atoms with Gasteiger partial charge >= 0.3 is 0 Å². The number of aryl methyl sites for hydroxylation is 2. The van der Waals surface area contributed by atoms with Gasteiger partial charge in [0.1, 0.15) is 17.2 Å². The lowest BCUT2D eigenvalue weighted by Gasteiger charge is -2.09. The molecule has 5 nitrogen and oxygen atoms in total. The van der Waals surface area contributed by atoms with Crippen LogP contribution in [0.5, 0.6) is 5.75 Å². The number of phenols is 1. The Morgan fingerprint density at radius 2 is 2.05 bits per heavy atom. The predicted molar refractivity (Wildman–Crippen MR) is 85.7 cm³/mol. The number of aromatic hydroxyl groups is 1. The van der Waals surface area contributed by atoms with Crippen molar-refractivity contribution in [1.29, 1.82) is 0 Å². The van der Waals surface area contributed by atoms with Gasteiger partial charge in [0, 0.05) is 6.20 Å². The highest BCUT2D eigenvalue weighted by molar-refractivity contribution is 6.30. The molecule has 0 aliphatic heterocycles. The highest BCUT2D eigenvalue weighted by atomic mass is 35.5. The largest absolute Gasteiger partial charge is 0.507 e. The zero-order valence-corrected chi connectivity index (χ0v) is 12.8. The number of hydrogen-bond donors (Lipinski definition) is 2. The summed E-state index contributed by atoms with van der Waals surface area (Å²) in [7, 11) is 0. The molecule has 0 atom stereocenters. The molecule has 112 valence electrons. The van der Waals surface area contributed by atoms with Crippen molar-refractivity contribution < 1.29 is 9.90 Å². The van der Waals surface area contributed by atoms with Crippen LogP contribution >= 0.6 is 11.6 Å². The summed E-state index contributed by atoms with van der Waals surface area (Å²) >= 11 is 6.00. The van der Waals surface area contributed by atoms with E-state index in [1.807, 2.05) is 0 Å². The number of benzene rings is 1. The molecule has 0 aliphatic carbocycles. The van der Waals surface area contributed by atoms with E-state index < -0.39 is 5.91 Å². The molecule has 0 saturated carbocycles. The van der Waals surface area contributed by atoms with E-state index in [2.05, 4.69) is 10.3 Å². The second-order valence-electron chi connectivity index (χ2n) is 5.05. The summed E-state index contributed by atoms with van der Waals surface area (Å²) in [6.07, 6.45) is 1.68. The molecule has 1 amide bonds. The number of para-hydroxylation sites is 1. The quantitative estimate of drug-likeness (QED) is 0.760. The molecule has 0 radical (unpaired) electrons. The van der Waals surface area contributed by atoms with Gasteiger partial charge in [0.2, 0.25) is 0 Å². The Morgan fingerprint density at radius 3 is 2.82 bits per heavy atom. The molecule has 0 spiro atoms. The molecular weight excluding hydrogens is 302 g/mol. The molecule has 0 saturated heterocycles. The first-order valence-electron chi connectivity index (χ1n) is 6.71. The van der Waals surface area contributed by atoms with Gasteiger partial charge in [0.15, 0.2) is 0 Å². The van der Waals surface area contributed by atoms with Crippen molar-refractivity contribution in [3.8, 4) is 5.75 Å². The number of nitrogens with one attached hydrogen (secondary N) is 1. The first-order valence-corrected chi connectivity index (χ1v) is 7.09. The van der Waals surface area contributed by atoms with Gasteiger partial charge in [-0.05, 0) is 37.6 Å². The van der Waals surface area contributed by atoms with Gasteiger partial charge in [-0.3, -0.25) is 9.20 Å². The van der Waals surface area contributed by atoms with Crippen LogP contribution in [0, 0.1) is 13.8 Å². The van der Waals surface area contributed by atoms with E-state index in [0.717, 1.165) is 0 Å². The number of halogens is 1. The molecule has 0 fully saturated rings. The summed E-state index contributed by atoms with van der Waals surface area (Å²) in [5.74, 6) is 0.110. The van der Waals surface area contributed by atoms with E-state index in [9.17, 15) is 9.90 Å². The van der Waals surface area contributed by atoms with Gasteiger partial charge in [-0.15, -0.1) is 0 Å². The second-order valence-corrected chi connectivity index (χ2v) is 5.48. The number of anilines is 1. The molecule has 0 unspecified atom stereocenters. The summed E-state index contributed by atoms with van der Waals surface area (Å²) < 4.78 is 1.71. The number of hydrogen-bond acceptors (Lipinski definition) is 3. The van der Waals surface area contributed by atoms with Gasteiger partial charge in [-0.1, -0.05) is 23.7 Å². The van der Waals surface area contributed by atoms with Crippen molar-refractivity contribution >= 4 is 29.0 Å². The van der Waals surface area contributed by atoms with E-state index in [0.29, 0.717) is 27.7 Å². The number of aromatic nitrogens is 2. The topological polar surface area (TPSA) is 66.6 Å². The Hall–Kier alpha value is -2.53. The molecule has 0 aliphatic rings. The van der Waals surface area contributed by atoms with Gasteiger partial charge in [-0.2, -0.15) is 0 Å². The fourth-order valence-corrected chi connectivity index (χ4v) is 2.46. The number of nitrogens with zero attached hydrogens (tertiary/aromatic N) is 2. The van der Waals surface area contributed by atoms with Crippen molar-refractivity contribution in [2.24, 2.45) is 0 Å². The van der Waals surface area contributed by atoms with Gasteiger partial charge in [0.25, 0.3) is 5.91 Å². The molecule has 2 aromatic heterocycles. The molecule has 6 heteroatoms. The number of phenolic OH excluding ortho intramolecular Hbond substituents is 1. The Morgan fingerprint density at radius 1 is 1.27 bits per heavy atom. The van der Waals surface area contributed by atoms with Gasteiger partial charge in [-0.25, -0.2) is 4.98 Å². The number of carbonyl (C=O) groups excluding carboxylic acids is 1. The van der Waals surface area contributed by atoms with E-state index >= 15 is 0 Å². The minimum absolute atomic E-state index is 0.0236. The van der Waals surface area contributed by atoms with E-state index in [1.54, 1.807) is 54.8 Å². The zero-order valence-electron chi connectivity index (χ0n) is 12.1. The van der Waals surface area contributed by atoms with Crippen molar-refractivity contribution in [3.05, 3.63) is 58.4 Å². The van der Waals surface area contributed by atoms with Crippen molar-refractivity contribution in [3.63, 3.8) is 0 Å². The number of imidazole rings is 1. The molecule has 0 bridgehead atoms. The molecular formula is C16H14ClN3O2. The summed E-state index contributed by atoms with van der Waals surface area (Å²) in [6.45, 7) is 3.54. The predicted octanol–water partition coefficient (Wildman–Crippen LogP) is 3.56. The monoisotopic (exact) mass is 315 g/mol. The average molecular weight is 316 g/mol. The lowest BCUT2D eigenvalue weighted by molar-refractivity contribution is 0.102. The summed E-state index contributed by atoms with van der Waals surface area (Å²) in [4.78, 5) is 16.8. The maximum atomic E-state index is 12.4. The maximum absolute atomic E-state index is 12.4. The smallest absolute Gasteiger partial charge is 0.260 e. The molecule has 3 rings (SSSR count). The average Bonchev–Trinajstić information content (AvgIpc) is 2.78. The third-order valence-electron chi connectivity index (χ3n) is 3.47. The minimum Gasteiger partial charge on any atom is -0.507 e. The first-order chi connectivity index (χ1) is 10.5. The van der Waals surface area contributed by atoms with Crippen LogP contribution in [0.15, 0.2) is 36.5 Å². The lowest BCUT2D eigenvalue weighted by atomic mass is 10.1. The van der Waals surface area contributed by atoms with Gasteiger partial charge in [0.05, 0.1) is 16.3 Å². The molecule has 22 heavy (non-hydrogen) atoms. The minimum atomic E-state index is -0.397. The van der Waals surface area contributed by atoms with Gasteiger partial charge < -0.3 is 10.4 Å². The third-order valence-corrected chi connectivity index (χ3v) is 3.69. The standard InChI is InChI=1S/C16H14ClN3O2/c1-9-4-3-5-12(14(9)21)16(22)19-15-10(2)18-13-7-6-11(17)8-20(13)15/h3-8,21H,1-2H3,(H,19,22). The third kappa shape index (κ3) is 2.40. The van der Waals surface area contributed by atoms with Crippen LogP contribution in [0.1, 0.15) is 21.6 Å². The summed E-state index contributed by atoms with van der Waals surface area (Å²) in [5, 5.41) is 13.3. The van der Waals surface area contributed by atoms with Crippen molar-refractivity contribution in [2.75, 3.05) is 5.32 Å². The van der Waals surface area contributed by atoms with Crippen LogP contribution in [0.3, 0.4) is 0 Å². The number of amides is 1. The second kappa shape index (κ2) is 5.35.